The van der Waals surface area contributed by atoms with Crippen LogP contribution in [0.3, 0.4) is 0 Å². The quantitative estimate of drug-likeness (QED) is 0.618. The molecule has 154 valence electrons. The van der Waals surface area contributed by atoms with Crippen molar-refractivity contribution in [1.29, 1.82) is 0 Å². The fourth-order valence-electron chi connectivity index (χ4n) is 2.94. The van der Waals surface area contributed by atoms with Gasteiger partial charge in [0.1, 0.15) is 11.3 Å². The number of nitrogens with one attached hydrogen (secondary N) is 1. The minimum absolute atomic E-state index is 0.0353. The first-order valence-electron chi connectivity index (χ1n) is 8.88. The lowest BCUT2D eigenvalue weighted by atomic mass is 10.1. The van der Waals surface area contributed by atoms with E-state index in [-0.39, 0.29) is 17.9 Å². The van der Waals surface area contributed by atoms with Crippen LogP contribution in [0.5, 0.6) is 5.75 Å². The number of fused-ring (bicyclic) bond motifs is 1. The molecule has 1 aromatic heterocycles. The van der Waals surface area contributed by atoms with Crippen molar-refractivity contribution in [3.05, 3.63) is 65.9 Å². The second-order valence-electron chi connectivity index (χ2n) is 6.24. The topological polar surface area (TPSA) is 68.3 Å². The molecule has 0 fully saturated rings. The molecule has 5 nitrogen and oxygen atoms in total. The molecule has 0 saturated carbocycles. The van der Waals surface area contributed by atoms with Crippen LogP contribution in [0.4, 0.5) is 13.2 Å². The van der Waals surface area contributed by atoms with E-state index in [2.05, 4.69) is 9.71 Å². The Labute approximate surface area is 166 Å². The van der Waals surface area contributed by atoms with Gasteiger partial charge >= 0.3 is 6.18 Å². The van der Waals surface area contributed by atoms with Crippen LogP contribution < -0.4 is 9.46 Å². The molecule has 0 aliphatic heterocycles. The first kappa shape index (κ1) is 21.1. The van der Waals surface area contributed by atoms with Gasteiger partial charge in [0.05, 0.1) is 17.1 Å². The van der Waals surface area contributed by atoms with E-state index in [4.69, 9.17) is 4.74 Å². The summed E-state index contributed by atoms with van der Waals surface area (Å²) < 4.78 is 71.9. The fourth-order valence-corrected chi connectivity index (χ4v) is 4.17. The zero-order chi connectivity index (χ0) is 21.1. The van der Waals surface area contributed by atoms with Crippen molar-refractivity contribution in [2.75, 3.05) is 13.2 Å². The maximum Gasteiger partial charge on any atom is 0.416 e. The molecule has 0 spiro atoms. The van der Waals surface area contributed by atoms with Gasteiger partial charge in [0.25, 0.3) is 0 Å². The molecule has 0 amide bonds. The molecule has 3 rings (SSSR count). The summed E-state index contributed by atoms with van der Waals surface area (Å²) in [5.74, 6) is 0.478. The van der Waals surface area contributed by atoms with Gasteiger partial charge in [-0.15, -0.1) is 0 Å². The molecule has 0 unspecified atom stereocenters. The number of nitrogens with zero attached hydrogens (tertiary/aromatic N) is 1. The van der Waals surface area contributed by atoms with Gasteiger partial charge in [-0.2, -0.15) is 13.2 Å². The Hall–Kier alpha value is -2.65. The number of rotatable bonds is 7. The number of hydrogen-bond donors (Lipinski definition) is 1. The van der Waals surface area contributed by atoms with E-state index in [0.29, 0.717) is 28.8 Å². The maximum absolute atomic E-state index is 12.8. The minimum Gasteiger partial charge on any atom is -0.492 e. The van der Waals surface area contributed by atoms with Crippen molar-refractivity contribution in [3.63, 3.8) is 0 Å². The van der Waals surface area contributed by atoms with Crippen LogP contribution in [-0.2, 0) is 22.6 Å². The summed E-state index contributed by atoms with van der Waals surface area (Å²) in [4.78, 5) is 4.25. The summed E-state index contributed by atoms with van der Waals surface area (Å²) in [6.45, 7) is 2.18. The number of halogens is 3. The van der Waals surface area contributed by atoms with Gasteiger partial charge in [0.15, 0.2) is 0 Å². The molecule has 0 atom stereocenters. The molecule has 3 aromatic rings. The summed E-state index contributed by atoms with van der Waals surface area (Å²) in [5.41, 5.74) is 0.0530. The Balaban J connectivity index is 1.80. The summed E-state index contributed by atoms with van der Waals surface area (Å²) in [7, 11) is -3.90. The highest BCUT2D eigenvalue weighted by atomic mass is 32.2. The SMILES string of the molecule is CCOc1ccc(S(=O)(=O)NCCc2cccc(C(F)(F)F)c2)c2cccnc12. The highest BCUT2D eigenvalue weighted by Gasteiger charge is 2.30. The minimum atomic E-state index is -4.44. The molecule has 0 aliphatic carbocycles. The van der Waals surface area contributed by atoms with Crippen LogP contribution in [0.1, 0.15) is 18.1 Å². The molecule has 1 heterocycles. The Bertz CT molecular complexity index is 1120. The monoisotopic (exact) mass is 424 g/mol. The van der Waals surface area contributed by atoms with Crippen molar-refractivity contribution in [2.45, 2.75) is 24.4 Å². The summed E-state index contributed by atoms with van der Waals surface area (Å²) in [6, 6.07) is 11.1. The van der Waals surface area contributed by atoms with Crippen LogP contribution in [0.15, 0.2) is 59.6 Å². The van der Waals surface area contributed by atoms with Crippen LogP contribution >= 0.6 is 0 Å². The Morgan fingerprint density at radius 3 is 2.62 bits per heavy atom. The molecule has 9 heteroatoms. The van der Waals surface area contributed by atoms with E-state index in [1.54, 1.807) is 24.4 Å². The van der Waals surface area contributed by atoms with E-state index in [9.17, 15) is 21.6 Å². The van der Waals surface area contributed by atoms with Gasteiger partial charge in [-0.25, -0.2) is 13.1 Å². The number of hydrogen-bond acceptors (Lipinski definition) is 4. The van der Waals surface area contributed by atoms with Crippen molar-refractivity contribution in [3.8, 4) is 5.75 Å². The lowest BCUT2D eigenvalue weighted by Gasteiger charge is -2.12. The lowest BCUT2D eigenvalue weighted by molar-refractivity contribution is -0.137. The van der Waals surface area contributed by atoms with Crippen molar-refractivity contribution < 1.29 is 26.3 Å². The zero-order valence-corrected chi connectivity index (χ0v) is 16.3. The Morgan fingerprint density at radius 2 is 1.90 bits per heavy atom. The Morgan fingerprint density at radius 1 is 1.10 bits per heavy atom. The predicted octanol–water partition coefficient (Wildman–Crippen LogP) is 4.17. The van der Waals surface area contributed by atoms with Gasteiger partial charge < -0.3 is 4.74 Å². The molecule has 0 aliphatic rings. The normalized spacial score (nSPS) is 12.3. The third kappa shape index (κ3) is 4.86. The first-order valence-corrected chi connectivity index (χ1v) is 10.4. The standard InChI is InChI=1S/C20H19F3N2O3S/c1-2-28-17-8-9-18(16-7-4-11-24-19(16)17)29(26,27)25-12-10-14-5-3-6-15(13-14)20(21,22)23/h3-9,11,13,25H,2,10,12H2,1H3. The summed E-state index contributed by atoms with van der Waals surface area (Å²) in [5, 5.41) is 0.407. The molecule has 1 N–H and O–H groups in total. The van der Waals surface area contributed by atoms with Gasteiger partial charge in [0, 0.05) is 18.1 Å². The van der Waals surface area contributed by atoms with Gasteiger partial charge in [-0.3, -0.25) is 4.98 Å². The molecule has 29 heavy (non-hydrogen) atoms. The van der Waals surface area contributed by atoms with Crippen LogP contribution in [-0.4, -0.2) is 26.6 Å². The highest BCUT2D eigenvalue weighted by molar-refractivity contribution is 7.89. The number of sulfonamides is 1. The van der Waals surface area contributed by atoms with E-state index in [1.807, 2.05) is 6.92 Å². The lowest BCUT2D eigenvalue weighted by Crippen LogP contribution is -2.26. The average Bonchev–Trinajstić information content (AvgIpc) is 2.68. The second kappa shape index (κ2) is 8.38. The zero-order valence-electron chi connectivity index (χ0n) is 15.5. The summed E-state index contributed by atoms with van der Waals surface area (Å²) >= 11 is 0. The van der Waals surface area contributed by atoms with Gasteiger partial charge in [-0.1, -0.05) is 18.2 Å². The summed E-state index contributed by atoms with van der Waals surface area (Å²) in [6.07, 6.45) is -2.78. The van der Waals surface area contributed by atoms with E-state index >= 15 is 0 Å². The molecular formula is C20H19F3N2O3S. The molecule has 2 aromatic carbocycles. The Kier molecular flexibility index (Phi) is 6.09. The number of alkyl halides is 3. The van der Waals surface area contributed by atoms with E-state index < -0.39 is 21.8 Å². The van der Waals surface area contributed by atoms with Crippen LogP contribution in [0.2, 0.25) is 0 Å². The van der Waals surface area contributed by atoms with Crippen LogP contribution in [0, 0.1) is 0 Å². The molecular weight excluding hydrogens is 405 g/mol. The smallest absolute Gasteiger partial charge is 0.416 e. The van der Waals surface area contributed by atoms with Crippen molar-refractivity contribution >= 4 is 20.9 Å². The first-order chi connectivity index (χ1) is 13.7. The molecule has 0 radical (unpaired) electrons. The number of ether oxygens (including phenoxy) is 1. The van der Waals surface area contributed by atoms with Gasteiger partial charge in [-0.05, 0) is 49.2 Å². The third-order valence-corrected chi connectivity index (χ3v) is 5.76. The third-order valence-electron chi connectivity index (χ3n) is 4.24. The highest BCUT2D eigenvalue weighted by Crippen LogP contribution is 2.30. The average molecular weight is 424 g/mol. The number of benzene rings is 2. The number of pyridine rings is 1. The van der Waals surface area contributed by atoms with Crippen molar-refractivity contribution in [2.24, 2.45) is 0 Å². The van der Waals surface area contributed by atoms with E-state index in [1.165, 1.54) is 18.2 Å². The van der Waals surface area contributed by atoms with Crippen molar-refractivity contribution in [1.82, 2.24) is 9.71 Å². The molecule has 0 bridgehead atoms. The molecule has 0 saturated heterocycles. The fraction of sp³-hybridized carbons (Fsp3) is 0.250. The van der Waals surface area contributed by atoms with Crippen LogP contribution in [0.25, 0.3) is 10.9 Å². The maximum atomic E-state index is 12.8. The second-order valence-corrected chi connectivity index (χ2v) is 7.98. The predicted molar refractivity (Wildman–Crippen MR) is 103 cm³/mol. The number of aromatic nitrogens is 1. The van der Waals surface area contributed by atoms with E-state index in [0.717, 1.165) is 12.1 Å². The van der Waals surface area contributed by atoms with Gasteiger partial charge in [0.2, 0.25) is 10.0 Å². The largest absolute Gasteiger partial charge is 0.492 e.